The van der Waals surface area contributed by atoms with Crippen LogP contribution in [0.15, 0.2) is 40.2 Å². The zero-order valence-electron chi connectivity index (χ0n) is 14.5. The molecule has 2 atom stereocenters. The Bertz CT molecular complexity index is 850. The smallest absolute Gasteiger partial charge is 0.322 e. The predicted molar refractivity (Wildman–Crippen MR) is 99.9 cm³/mol. The summed E-state index contributed by atoms with van der Waals surface area (Å²) in [5, 5.41) is 20.8. The van der Waals surface area contributed by atoms with Crippen LogP contribution in [0.5, 0.6) is 0 Å². The molecule has 2 aromatic heterocycles. The van der Waals surface area contributed by atoms with E-state index in [0.29, 0.717) is 18.4 Å². The maximum atomic E-state index is 10.5. The maximum absolute atomic E-state index is 10.5. The van der Waals surface area contributed by atoms with Crippen LogP contribution < -0.4 is 5.32 Å². The van der Waals surface area contributed by atoms with Gasteiger partial charge in [0.25, 0.3) is 0 Å². The van der Waals surface area contributed by atoms with Crippen molar-refractivity contribution in [2.24, 2.45) is 0 Å². The molecule has 2 N–H and O–H groups in total. The minimum atomic E-state index is -0.504. The van der Waals surface area contributed by atoms with Gasteiger partial charge < -0.3 is 14.9 Å². The van der Waals surface area contributed by atoms with E-state index in [0.717, 1.165) is 35.8 Å². The molecule has 3 aromatic rings. The molecule has 0 saturated carbocycles. The number of piperidine rings is 1. The van der Waals surface area contributed by atoms with E-state index >= 15 is 0 Å². The topological polar surface area (TPSA) is 87.3 Å². The number of β-amino-alcohol motifs (C(OH)–C–C–N with tert-alkyl or cyclic N) is 1. The van der Waals surface area contributed by atoms with Gasteiger partial charge in [-0.15, -0.1) is 11.3 Å². The zero-order valence-corrected chi connectivity index (χ0v) is 15.3. The van der Waals surface area contributed by atoms with Crippen LogP contribution in [0, 0.1) is 6.92 Å². The lowest BCUT2D eigenvalue weighted by atomic mass is 10.0. The molecule has 0 unspecified atom stereocenters. The Hall–Kier alpha value is -2.29. The summed E-state index contributed by atoms with van der Waals surface area (Å²) in [5.41, 5.74) is 1.97. The molecular weight excluding hydrogens is 350 g/mol. The number of aromatic nitrogens is 3. The quantitative estimate of drug-likeness (QED) is 0.713. The summed E-state index contributed by atoms with van der Waals surface area (Å²) in [6.07, 6.45) is 0.295. The lowest BCUT2D eigenvalue weighted by Gasteiger charge is -2.35. The van der Waals surface area contributed by atoms with Gasteiger partial charge in [-0.2, -0.15) is 4.98 Å². The van der Waals surface area contributed by atoms with Gasteiger partial charge in [0.15, 0.2) is 0 Å². The lowest BCUT2D eigenvalue weighted by Crippen LogP contribution is -2.49. The van der Waals surface area contributed by atoms with Crippen molar-refractivity contribution in [3.63, 3.8) is 0 Å². The molecule has 4 rings (SSSR count). The molecule has 136 valence electrons. The van der Waals surface area contributed by atoms with Crippen LogP contribution in [0.2, 0.25) is 0 Å². The van der Waals surface area contributed by atoms with Crippen molar-refractivity contribution in [2.75, 3.05) is 18.4 Å². The Morgan fingerprint density at radius 2 is 2.15 bits per heavy atom. The number of nitrogens with zero attached hydrogens (tertiary/aromatic N) is 4. The summed E-state index contributed by atoms with van der Waals surface area (Å²) in [7, 11) is 0. The molecule has 0 spiro atoms. The number of aryl methyl sites for hydroxylation is 1. The van der Waals surface area contributed by atoms with E-state index in [1.807, 2.05) is 37.3 Å². The summed E-state index contributed by atoms with van der Waals surface area (Å²) < 4.78 is 5.29. The molecule has 8 heteroatoms. The number of nitrogens with one attached hydrogen (secondary N) is 1. The van der Waals surface area contributed by atoms with E-state index in [1.165, 1.54) is 0 Å². The first-order chi connectivity index (χ1) is 12.7. The van der Waals surface area contributed by atoms with Gasteiger partial charge in [0, 0.05) is 30.6 Å². The monoisotopic (exact) mass is 371 g/mol. The van der Waals surface area contributed by atoms with Gasteiger partial charge in [-0.3, -0.25) is 4.90 Å². The normalized spacial score (nSPS) is 21.0. The van der Waals surface area contributed by atoms with Crippen LogP contribution in [-0.4, -0.2) is 50.4 Å². The fourth-order valence-electron chi connectivity index (χ4n) is 3.16. The zero-order chi connectivity index (χ0) is 17.9. The highest BCUT2D eigenvalue weighted by Crippen LogP contribution is 2.21. The summed E-state index contributed by atoms with van der Waals surface area (Å²) in [6.45, 7) is 4.25. The Balaban J connectivity index is 1.34. The first-order valence-corrected chi connectivity index (χ1v) is 9.52. The Kier molecular flexibility index (Phi) is 4.96. The van der Waals surface area contributed by atoms with Crippen molar-refractivity contribution >= 4 is 17.4 Å². The summed E-state index contributed by atoms with van der Waals surface area (Å²) in [4.78, 5) is 11.1. The third-order valence-electron chi connectivity index (χ3n) is 4.49. The maximum Gasteiger partial charge on any atom is 0.322 e. The molecular formula is C18H21N5O2S. The molecule has 0 amide bonds. The standard InChI is InChI=1S/C18H21N5O2S/c1-12-19-14(11-26-12)9-23-8-7-15(16(24)10-23)20-18-21-17(22-25-18)13-5-3-2-4-6-13/h2-6,11,15-16,24H,7-10H2,1H3,(H,20,21,22)/t15-,16-/m1/s1. The van der Waals surface area contributed by atoms with Crippen LogP contribution in [0.1, 0.15) is 17.1 Å². The van der Waals surface area contributed by atoms with Crippen molar-refractivity contribution in [2.45, 2.75) is 32.0 Å². The van der Waals surface area contributed by atoms with Gasteiger partial charge >= 0.3 is 6.01 Å². The first kappa shape index (κ1) is 17.1. The van der Waals surface area contributed by atoms with Crippen molar-refractivity contribution in [3.8, 4) is 11.4 Å². The van der Waals surface area contributed by atoms with Crippen molar-refractivity contribution in [1.29, 1.82) is 0 Å². The van der Waals surface area contributed by atoms with Crippen molar-refractivity contribution < 1.29 is 9.63 Å². The number of rotatable bonds is 5. The van der Waals surface area contributed by atoms with E-state index in [4.69, 9.17) is 4.52 Å². The Labute approximate surface area is 155 Å². The second-order valence-electron chi connectivity index (χ2n) is 6.49. The summed E-state index contributed by atoms with van der Waals surface area (Å²) >= 11 is 1.66. The molecule has 1 fully saturated rings. The minimum absolute atomic E-state index is 0.104. The Morgan fingerprint density at radius 3 is 2.88 bits per heavy atom. The number of aliphatic hydroxyl groups excluding tert-OH is 1. The fourth-order valence-corrected chi connectivity index (χ4v) is 3.77. The van der Waals surface area contributed by atoms with Crippen LogP contribution in [0.4, 0.5) is 6.01 Å². The third-order valence-corrected chi connectivity index (χ3v) is 5.31. The van der Waals surface area contributed by atoms with Crippen molar-refractivity contribution in [3.05, 3.63) is 46.4 Å². The SMILES string of the molecule is Cc1nc(CN2CC[C@@H](Nc3nc(-c4ccccc4)no3)[C@H](O)C2)cs1. The van der Waals surface area contributed by atoms with E-state index in [9.17, 15) is 5.11 Å². The largest absolute Gasteiger partial charge is 0.390 e. The van der Waals surface area contributed by atoms with E-state index in [1.54, 1.807) is 11.3 Å². The average Bonchev–Trinajstić information content (AvgIpc) is 3.27. The third kappa shape index (κ3) is 3.92. The second kappa shape index (κ2) is 7.53. The molecule has 1 saturated heterocycles. The highest BCUT2D eigenvalue weighted by Gasteiger charge is 2.29. The molecule has 0 radical (unpaired) electrons. The molecule has 1 aliphatic heterocycles. The summed E-state index contributed by atoms with van der Waals surface area (Å²) in [5.74, 6) is 0.541. The van der Waals surface area contributed by atoms with Crippen LogP contribution >= 0.6 is 11.3 Å². The Morgan fingerprint density at radius 1 is 1.31 bits per heavy atom. The second-order valence-corrected chi connectivity index (χ2v) is 7.55. The number of aliphatic hydroxyl groups is 1. The molecule has 0 bridgehead atoms. The fraction of sp³-hybridized carbons (Fsp3) is 0.389. The molecule has 0 aliphatic carbocycles. The highest BCUT2D eigenvalue weighted by atomic mass is 32.1. The van der Waals surface area contributed by atoms with Gasteiger partial charge in [0.2, 0.25) is 5.82 Å². The van der Waals surface area contributed by atoms with Crippen LogP contribution in [0.25, 0.3) is 11.4 Å². The lowest BCUT2D eigenvalue weighted by molar-refractivity contribution is 0.0547. The van der Waals surface area contributed by atoms with Gasteiger partial charge in [-0.25, -0.2) is 4.98 Å². The van der Waals surface area contributed by atoms with Gasteiger partial charge in [-0.05, 0) is 13.3 Å². The molecule has 26 heavy (non-hydrogen) atoms. The van der Waals surface area contributed by atoms with Crippen LogP contribution in [0.3, 0.4) is 0 Å². The number of anilines is 1. The van der Waals surface area contributed by atoms with E-state index in [-0.39, 0.29) is 6.04 Å². The molecule has 3 heterocycles. The predicted octanol–water partition coefficient (Wildman–Crippen LogP) is 2.55. The van der Waals surface area contributed by atoms with Gasteiger partial charge in [0.05, 0.1) is 22.8 Å². The first-order valence-electron chi connectivity index (χ1n) is 8.64. The van der Waals surface area contributed by atoms with Crippen LogP contribution in [-0.2, 0) is 6.54 Å². The number of thiazole rings is 1. The molecule has 7 nitrogen and oxygen atoms in total. The van der Waals surface area contributed by atoms with Gasteiger partial charge in [-0.1, -0.05) is 35.5 Å². The number of benzene rings is 1. The number of hydrogen-bond acceptors (Lipinski definition) is 8. The van der Waals surface area contributed by atoms with E-state index in [2.05, 4.69) is 30.7 Å². The minimum Gasteiger partial charge on any atom is -0.390 e. The average molecular weight is 371 g/mol. The highest BCUT2D eigenvalue weighted by molar-refractivity contribution is 7.09. The summed E-state index contributed by atoms with van der Waals surface area (Å²) in [6, 6.07) is 9.91. The van der Waals surface area contributed by atoms with Crippen molar-refractivity contribution in [1.82, 2.24) is 20.0 Å². The number of hydrogen-bond donors (Lipinski definition) is 2. The molecule has 1 aromatic carbocycles. The molecule has 1 aliphatic rings. The van der Waals surface area contributed by atoms with Gasteiger partial charge in [0.1, 0.15) is 0 Å². The van der Waals surface area contributed by atoms with E-state index < -0.39 is 6.10 Å². The number of likely N-dealkylation sites (tertiary alicyclic amines) is 1.